The maximum absolute atomic E-state index is 12.4. The lowest BCUT2D eigenvalue weighted by Gasteiger charge is -2.33. The van der Waals surface area contributed by atoms with Gasteiger partial charge in [0.2, 0.25) is 5.91 Å². The summed E-state index contributed by atoms with van der Waals surface area (Å²) in [6, 6.07) is 7.46. The molecule has 0 spiro atoms. The van der Waals surface area contributed by atoms with Crippen molar-refractivity contribution in [1.82, 2.24) is 15.2 Å². The average Bonchev–Trinajstić information content (AvgIpc) is 3.02. The van der Waals surface area contributed by atoms with Gasteiger partial charge in [-0.3, -0.25) is 4.79 Å². The summed E-state index contributed by atoms with van der Waals surface area (Å²) in [6.07, 6.45) is 0.349. The summed E-state index contributed by atoms with van der Waals surface area (Å²) in [5, 5.41) is 6.77. The first-order valence-corrected chi connectivity index (χ1v) is 9.19. The number of hydrogen-bond donors (Lipinski definition) is 1. The first-order valence-electron chi connectivity index (χ1n) is 7.93. The van der Waals surface area contributed by atoms with Crippen LogP contribution in [0.15, 0.2) is 29.6 Å². The van der Waals surface area contributed by atoms with Crippen molar-refractivity contribution in [2.45, 2.75) is 26.0 Å². The van der Waals surface area contributed by atoms with Crippen molar-refractivity contribution in [1.29, 1.82) is 0 Å². The van der Waals surface area contributed by atoms with Gasteiger partial charge in [-0.15, -0.1) is 11.3 Å². The fraction of sp³-hybridized carbons (Fsp3) is 0.412. The Labute approximate surface area is 150 Å². The molecule has 0 bridgehead atoms. The van der Waals surface area contributed by atoms with Crippen molar-refractivity contribution in [3.8, 4) is 5.75 Å². The lowest BCUT2D eigenvalue weighted by molar-refractivity contribution is -0.133. The number of rotatable bonds is 5. The molecule has 2 heterocycles. The van der Waals surface area contributed by atoms with Crippen LogP contribution in [0.3, 0.4) is 0 Å². The smallest absolute Gasteiger partial charge is 0.228 e. The molecule has 3 rings (SSSR count). The van der Waals surface area contributed by atoms with Crippen molar-refractivity contribution in [2.24, 2.45) is 0 Å². The van der Waals surface area contributed by atoms with Crippen LogP contribution >= 0.6 is 22.9 Å². The van der Waals surface area contributed by atoms with E-state index in [9.17, 15) is 4.79 Å². The maximum Gasteiger partial charge on any atom is 0.228 e. The number of amides is 1. The Bertz CT molecular complexity index is 689. The van der Waals surface area contributed by atoms with Crippen molar-refractivity contribution in [3.05, 3.63) is 45.4 Å². The predicted molar refractivity (Wildman–Crippen MR) is 95.6 cm³/mol. The first-order chi connectivity index (χ1) is 11.6. The second-order valence-electron chi connectivity index (χ2n) is 5.79. The zero-order valence-corrected chi connectivity index (χ0v) is 15.1. The van der Waals surface area contributed by atoms with Gasteiger partial charge in [-0.05, 0) is 31.2 Å². The van der Waals surface area contributed by atoms with E-state index in [1.165, 1.54) is 11.3 Å². The van der Waals surface area contributed by atoms with Crippen LogP contribution in [-0.2, 0) is 17.8 Å². The Balaban J connectivity index is 1.53. The molecule has 0 aliphatic carbocycles. The highest BCUT2D eigenvalue weighted by Crippen LogP contribution is 2.18. The van der Waals surface area contributed by atoms with E-state index in [0.29, 0.717) is 18.1 Å². The molecular formula is C17H20ClN3O2S. The molecule has 1 amide bonds. The molecule has 0 radical (unpaired) electrons. The average molecular weight is 366 g/mol. The van der Waals surface area contributed by atoms with E-state index >= 15 is 0 Å². The SMILES string of the molecule is C[C@@H]1CNCCN1C(=O)Cc1csc(COc2ccc(Cl)cc2)n1. The Hall–Kier alpha value is -1.63. The Morgan fingerprint density at radius 1 is 1.46 bits per heavy atom. The van der Waals surface area contributed by atoms with Crippen LogP contribution in [0.4, 0.5) is 0 Å². The molecule has 128 valence electrons. The van der Waals surface area contributed by atoms with Crippen LogP contribution in [0.25, 0.3) is 0 Å². The molecule has 5 nitrogen and oxygen atoms in total. The summed E-state index contributed by atoms with van der Waals surface area (Å²) in [6.45, 7) is 4.92. The fourth-order valence-corrected chi connectivity index (χ4v) is 3.47. The van der Waals surface area contributed by atoms with Crippen LogP contribution < -0.4 is 10.1 Å². The minimum Gasteiger partial charge on any atom is -0.486 e. The molecule has 0 saturated carbocycles. The molecule has 1 atom stereocenters. The lowest BCUT2D eigenvalue weighted by Crippen LogP contribution is -2.52. The number of benzene rings is 1. The molecule has 1 fully saturated rings. The van der Waals surface area contributed by atoms with Crippen molar-refractivity contribution in [2.75, 3.05) is 19.6 Å². The molecular weight excluding hydrogens is 346 g/mol. The van der Waals surface area contributed by atoms with Gasteiger partial charge in [-0.2, -0.15) is 0 Å². The first kappa shape index (κ1) is 17.2. The maximum atomic E-state index is 12.4. The normalized spacial score (nSPS) is 17.8. The second-order valence-corrected chi connectivity index (χ2v) is 7.17. The van der Waals surface area contributed by atoms with E-state index in [4.69, 9.17) is 16.3 Å². The number of nitrogens with zero attached hydrogens (tertiary/aromatic N) is 2. The largest absolute Gasteiger partial charge is 0.486 e. The molecule has 1 N–H and O–H groups in total. The van der Waals surface area contributed by atoms with Crippen LogP contribution in [0, 0.1) is 0 Å². The monoisotopic (exact) mass is 365 g/mol. The molecule has 24 heavy (non-hydrogen) atoms. The quantitative estimate of drug-likeness (QED) is 0.885. The van der Waals surface area contributed by atoms with Crippen LogP contribution in [0.1, 0.15) is 17.6 Å². The molecule has 1 aliphatic rings. The van der Waals surface area contributed by atoms with Gasteiger partial charge >= 0.3 is 0 Å². The van der Waals surface area contributed by atoms with Gasteiger partial charge in [-0.25, -0.2) is 4.98 Å². The number of carbonyl (C=O) groups excluding carboxylic acids is 1. The predicted octanol–water partition coefficient (Wildman–Crippen LogP) is 2.74. The van der Waals surface area contributed by atoms with Gasteiger partial charge < -0.3 is 15.0 Å². The zero-order valence-electron chi connectivity index (χ0n) is 13.5. The number of piperazine rings is 1. The Morgan fingerprint density at radius 2 is 2.25 bits per heavy atom. The summed E-state index contributed by atoms with van der Waals surface area (Å²) < 4.78 is 5.68. The summed E-state index contributed by atoms with van der Waals surface area (Å²) in [5.41, 5.74) is 0.811. The van der Waals surface area contributed by atoms with Gasteiger partial charge in [-0.1, -0.05) is 11.6 Å². The number of ether oxygens (including phenoxy) is 1. The molecule has 1 saturated heterocycles. The Kier molecular flexibility index (Phi) is 5.71. The van der Waals surface area contributed by atoms with Crippen LogP contribution in [0.5, 0.6) is 5.75 Å². The van der Waals surface area contributed by atoms with Gasteiger partial charge in [0, 0.05) is 36.1 Å². The van der Waals surface area contributed by atoms with Crippen LogP contribution in [-0.4, -0.2) is 41.5 Å². The third-order valence-corrected chi connectivity index (χ3v) is 5.05. The molecule has 0 unspecified atom stereocenters. The highest BCUT2D eigenvalue weighted by molar-refractivity contribution is 7.09. The second kappa shape index (κ2) is 7.96. The van der Waals surface area contributed by atoms with Crippen molar-refractivity contribution in [3.63, 3.8) is 0 Å². The number of nitrogens with one attached hydrogen (secondary N) is 1. The molecule has 1 aliphatic heterocycles. The molecule has 2 aromatic rings. The van der Waals surface area contributed by atoms with E-state index in [-0.39, 0.29) is 11.9 Å². The van der Waals surface area contributed by atoms with Crippen LogP contribution in [0.2, 0.25) is 5.02 Å². The summed E-state index contributed by atoms with van der Waals surface area (Å²) in [4.78, 5) is 18.9. The Morgan fingerprint density at radius 3 is 3.00 bits per heavy atom. The highest BCUT2D eigenvalue weighted by atomic mass is 35.5. The van der Waals surface area contributed by atoms with E-state index in [0.717, 1.165) is 36.1 Å². The number of carbonyl (C=O) groups is 1. The third kappa shape index (κ3) is 4.47. The van der Waals surface area contributed by atoms with Crippen molar-refractivity contribution >= 4 is 28.8 Å². The third-order valence-electron chi connectivity index (χ3n) is 3.93. The van der Waals surface area contributed by atoms with E-state index in [2.05, 4.69) is 17.2 Å². The molecule has 1 aromatic carbocycles. The van der Waals surface area contributed by atoms with E-state index < -0.39 is 0 Å². The number of halogens is 1. The number of hydrogen-bond acceptors (Lipinski definition) is 5. The zero-order chi connectivity index (χ0) is 16.9. The minimum atomic E-state index is 0.138. The topological polar surface area (TPSA) is 54.5 Å². The summed E-state index contributed by atoms with van der Waals surface area (Å²) in [5.74, 6) is 0.890. The van der Waals surface area contributed by atoms with Gasteiger partial charge in [0.1, 0.15) is 17.4 Å². The standard InChI is InChI=1S/C17H20ClN3O2S/c1-12-9-19-6-7-21(12)17(22)8-14-11-24-16(20-14)10-23-15-4-2-13(18)3-5-15/h2-5,11-12,19H,6-10H2,1H3/t12-/m1/s1. The molecule has 7 heteroatoms. The minimum absolute atomic E-state index is 0.138. The van der Waals surface area contributed by atoms with E-state index in [1.807, 2.05) is 22.4 Å². The van der Waals surface area contributed by atoms with Gasteiger partial charge in [0.25, 0.3) is 0 Å². The number of thiazole rings is 1. The lowest BCUT2D eigenvalue weighted by atomic mass is 10.2. The van der Waals surface area contributed by atoms with Gasteiger partial charge in [0.15, 0.2) is 0 Å². The number of aromatic nitrogens is 1. The molecule has 1 aromatic heterocycles. The fourth-order valence-electron chi connectivity index (χ4n) is 2.64. The summed E-state index contributed by atoms with van der Waals surface area (Å²) >= 11 is 7.37. The summed E-state index contributed by atoms with van der Waals surface area (Å²) in [7, 11) is 0. The van der Waals surface area contributed by atoms with E-state index in [1.54, 1.807) is 12.1 Å². The highest BCUT2D eigenvalue weighted by Gasteiger charge is 2.23. The van der Waals surface area contributed by atoms with Crippen molar-refractivity contribution < 1.29 is 9.53 Å². The van der Waals surface area contributed by atoms with Gasteiger partial charge in [0.05, 0.1) is 12.1 Å².